The van der Waals surface area contributed by atoms with Crippen LogP contribution in [-0.2, 0) is 6.54 Å². The number of nitrogens with zero attached hydrogens (tertiary/aromatic N) is 1. The maximum atomic E-state index is 13.3. The molecule has 20 heavy (non-hydrogen) atoms. The van der Waals surface area contributed by atoms with Crippen molar-refractivity contribution in [3.63, 3.8) is 0 Å². The molecule has 0 aromatic heterocycles. The third kappa shape index (κ3) is 4.03. The van der Waals surface area contributed by atoms with Gasteiger partial charge in [-0.2, -0.15) is 0 Å². The Bertz CT molecular complexity index is 419. The molecule has 0 radical (unpaired) electrons. The molecule has 0 bridgehead atoms. The SMILES string of the molecule is CCCC1CNC(C(C)C)CN1Cc1cccc(F)c1. The van der Waals surface area contributed by atoms with Crippen LogP contribution in [0.4, 0.5) is 4.39 Å². The number of piperazine rings is 1. The molecule has 2 unspecified atom stereocenters. The van der Waals surface area contributed by atoms with Crippen molar-refractivity contribution in [3.05, 3.63) is 35.6 Å². The fraction of sp³-hybridized carbons (Fsp3) is 0.647. The fourth-order valence-corrected chi connectivity index (χ4v) is 3.01. The maximum Gasteiger partial charge on any atom is 0.123 e. The Labute approximate surface area is 122 Å². The van der Waals surface area contributed by atoms with Crippen molar-refractivity contribution in [3.8, 4) is 0 Å². The zero-order valence-corrected chi connectivity index (χ0v) is 12.9. The first-order chi connectivity index (χ1) is 9.60. The highest BCUT2D eigenvalue weighted by atomic mass is 19.1. The number of halogens is 1. The number of hydrogen-bond acceptors (Lipinski definition) is 2. The normalized spacial score (nSPS) is 24.2. The molecule has 1 N–H and O–H groups in total. The summed E-state index contributed by atoms with van der Waals surface area (Å²) in [7, 11) is 0. The number of benzene rings is 1. The molecular weight excluding hydrogens is 251 g/mol. The lowest BCUT2D eigenvalue weighted by molar-refractivity contribution is 0.0996. The van der Waals surface area contributed by atoms with Crippen molar-refractivity contribution in [1.29, 1.82) is 0 Å². The van der Waals surface area contributed by atoms with Gasteiger partial charge < -0.3 is 5.32 Å². The summed E-state index contributed by atoms with van der Waals surface area (Å²) in [6, 6.07) is 8.12. The number of rotatable bonds is 5. The van der Waals surface area contributed by atoms with Gasteiger partial charge in [-0.25, -0.2) is 4.39 Å². The molecule has 1 saturated heterocycles. The summed E-state index contributed by atoms with van der Waals surface area (Å²) in [6.07, 6.45) is 2.39. The largest absolute Gasteiger partial charge is 0.311 e. The molecule has 0 aliphatic carbocycles. The standard InChI is InChI=1S/C17H27FN2/c1-4-6-16-10-19-17(13(2)3)12-20(16)11-14-7-5-8-15(18)9-14/h5,7-9,13,16-17,19H,4,6,10-12H2,1-3H3. The first-order valence-electron chi connectivity index (χ1n) is 7.82. The quantitative estimate of drug-likeness (QED) is 0.888. The summed E-state index contributed by atoms with van der Waals surface area (Å²) >= 11 is 0. The maximum absolute atomic E-state index is 13.3. The van der Waals surface area contributed by atoms with Gasteiger partial charge >= 0.3 is 0 Å². The molecule has 0 spiro atoms. The molecule has 0 amide bonds. The number of hydrogen-bond donors (Lipinski definition) is 1. The average molecular weight is 278 g/mol. The smallest absolute Gasteiger partial charge is 0.123 e. The molecule has 1 aliphatic heterocycles. The van der Waals surface area contributed by atoms with Crippen LogP contribution in [-0.4, -0.2) is 30.1 Å². The first kappa shape index (κ1) is 15.5. The average Bonchev–Trinajstić information content (AvgIpc) is 2.41. The van der Waals surface area contributed by atoms with Crippen LogP contribution in [0.15, 0.2) is 24.3 Å². The minimum Gasteiger partial charge on any atom is -0.311 e. The van der Waals surface area contributed by atoms with Gasteiger partial charge in [0, 0.05) is 31.7 Å². The Morgan fingerprint density at radius 3 is 2.85 bits per heavy atom. The molecule has 112 valence electrons. The zero-order chi connectivity index (χ0) is 14.5. The molecule has 1 fully saturated rings. The van der Waals surface area contributed by atoms with Crippen molar-refractivity contribution < 1.29 is 4.39 Å². The van der Waals surface area contributed by atoms with E-state index in [0.29, 0.717) is 18.0 Å². The lowest BCUT2D eigenvalue weighted by Crippen LogP contribution is -2.57. The van der Waals surface area contributed by atoms with E-state index in [9.17, 15) is 4.39 Å². The van der Waals surface area contributed by atoms with E-state index in [-0.39, 0.29) is 5.82 Å². The Kier molecular flexibility index (Phi) is 5.55. The highest BCUT2D eigenvalue weighted by Gasteiger charge is 2.28. The third-order valence-electron chi connectivity index (χ3n) is 4.26. The van der Waals surface area contributed by atoms with Crippen LogP contribution in [0.1, 0.15) is 39.2 Å². The Hall–Kier alpha value is -0.930. The van der Waals surface area contributed by atoms with Gasteiger partial charge in [-0.15, -0.1) is 0 Å². The van der Waals surface area contributed by atoms with Gasteiger partial charge in [0.2, 0.25) is 0 Å². The van der Waals surface area contributed by atoms with Crippen LogP contribution in [0.2, 0.25) is 0 Å². The second kappa shape index (κ2) is 7.19. The molecule has 1 aromatic rings. The summed E-state index contributed by atoms with van der Waals surface area (Å²) in [6.45, 7) is 9.71. The van der Waals surface area contributed by atoms with Gasteiger partial charge in [-0.05, 0) is 30.0 Å². The molecule has 0 saturated carbocycles. The van der Waals surface area contributed by atoms with E-state index in [2.05, 4.69) is 31.0 Å². The minimum absolute atomic E-state index is 0.134. The topological polar surface area (TPSA) is 15.3 Å². The molecule has 3 heteroatoms. The Morgan fingerprint density at radius 1 is 1.40 bits per heavy atom. The highest BCUT2D eigenvalue weighted by Crippen LogP contribution is 2.19. The van der Waals surface area contributed by atoms with Gasteiger partial charge in [0.25, 0.3) is 0 Å². The van der Waals surface area contributed by atoms with E-state index >= 15 is 0 Å². The lowest BCUT2D eigenvalue weighted by atomic mass is 9.97. The van der Waals surface area contributed by atoms with E-state index in [0.717, 1.165) is 25.2 Å². The van der Waals surface area contributed by atoms with E-state index in [4.69, 9.17) is 0 Å². The van der Waals surface area contributed by atoms with Gasteiger partial charge in [-0.1, -0.05) is 39.3 Å². The third-order valence-corrected chi connectivity index (χ3v) is 4.26. The van der Waals surface area contributed by atoms with Crippen LogP contribution < -0.4 is 5.32 Å². The van der Waals surface area contributed by atoms with Crippen molar-refractivity contribution >= 4 is 0 Å². The highest BCUT2D eigenvalue weighted by molar-refractivity contribution is 5.16. The van der Waals surface area contributed by atoms with E-state index in [1.807, 2.05) is 12.1 Å². The molecule has 1 aromatic carbocycles. The zero-order valence-electron chi connectivity index (χ0n) is 12.9. The molecule has 2 atom stereocenters. The van der Waals surface area contributed by atoms with Crippen molar-refractivity contribution in [2.75, 3.05) is 13.1 Å². The first-order valence-corrected chi connectivity index (χ1v) is 7.82. The summed E-state index contributed by atoms with van der Waals surface area (Å²) < 4.78 is 13.3. The minimum atomic E-state index is -0.134. The summed E-state index contributed by atoms with van der Waals surface area (Å²) in [5.41, 5.74) is 1.08. The Morgan fingerprint density at radius 2 is 2.20 bits per heavy atom. The lowest BCUT2D eigenvalue weighted by Gasteiger charge is -2.42. The van der Waals surface area contributed by atoms with Gasteiger partial charge in [0.1, 0.15) is 5.82 Å². The van der Waals surface area contributed by atoms with Crippen LogP contribution >= 0.6 is 0 Å². The molecule has 2 rings (SSSR count). The molecule has 1 aliphatic rings. The van der Waals surface area contributed by atoms with E-state index in [1.54, 1.807) is 6.07 Å². The van der Waals surface area contributed by atoms with Crippen LogP contribution in [0.3, 0.4) is 0 Å². The van der Waals surface area contributed by atoms with E-state index in [1.165, 1.54) is 18.9 Å². The second-order valence-corrected chi connectivity index (χ2v) is 6.26. The predicted molar refractivity (Wildman–Crippen MR) is 82.1 cm³/mol. The summed E-state index contributed by atoms with van der Waals surface area (Å²) in [5.74, 6) is 0.498. The number of nitrogens with one attached hydrogen (secondary N) is 1. The monoisotopic (exact) mass is 278 g/mol. The van der Waals surface area contributed by atoms with Crippen molar-refractivity contribution in [2.24, 2.45) is 5.92 Å². The Balaban J connectivity index is 2.06. The summed E-state index contributed by atoms with van der Waals surface area (Å²) in [5, 5.41) is 3.66. The summed E-state index contributed by atoms with van der Waals surface area (Å²) in [4.78, 5) is 2.53. The van der Waals surface area contributed by atoms with Crippen LogP contribution in [0.25, 0.3) is 0 Å². The molecule has 2 nitrogen and oxygen atoms in total. The van der Waals surface area contributed by atoms with Gasteiger partial charge in [0.05, 0.1) is 0 Å². The van der Waals surface area contributed by atoms with Crippen LogP contribution in [0, 0.1) is 11.7 Å². The van der Waals surface area contributed by atoms with Crippen molar-refractivity contribution in [2.45, 2.75) is 52.2 Å². The van der Waals surface area contributed by atoms with Gasteiger partial charge in [-0.3, -0.25) is 4.90 Å². The predicted octanol–water partition coefficient (Wildman–Crippen LogP) is 3.42. The fourth-order valence-electron chi connectivity index (χ4n) is 3.01. The van der Waals surface area contributed by atoms with Crippen molar-refractivity contribution in [1.82, 2.24) is 10.2 Å². The molecule has 1 heterocycles. The van der Waals surface area contributed by atoms with Crippen LogP contribution in [0.5, 0.6) is 0 Å². The van der Waals surface area contributed by atoms with Gasteiger partial charge in [0.15, 0.2) is 0 Å². The molecular formula is C17H27FN2. The second-order valence-electron chi connectivity index (χ2n) is 6.26. The van der Waals surface area contributed by atoms with E-state index < -0.39 is 0 Å².